The summed E-state index contributed by atoms with van der Waals surface area (Å²) in [5.41, 5.74) is 2.54. The number of aryl methyl sites for hydroxylation is 1. The fraction of sp³-hybridized carbons (Fsp3) is 0.474. The van der Waals surface area contributed by atoms with Crippen LogP contribution in [0, 0.1) is 12.8 Å². The minimum absolute atomic E-state index is 0.169. The van der Waals surface area contributed by atoms with Gasteiger partial charge in [0.15, 0.2) is 0 Å². The zero-order chi connectivity index (χ0) is 17.2. The van der Waals surface area contributed by atoms with Crippen LogP contribution >= 0.6 is 0 Å². The van der Waals surface area contributed by atoms with E-state index in [1.54, 1.807) is 4.68 Å². The lowest BCUT2D eigenvalue weighted by Gasteiger charge is -2.30. The first-order valence-corrected chi connectivity index (χ1v) is 9.00. The highest BCUT2D eigenvalue weighted by molar-refractivity contribution is 5.91. The van der Waals surface area contributed by atoms with Gasteiger partial charge in [-0.3, -0.25) is 0 Å². The highest BCUT2D eigenvalue weighted by Gasteiger charge is 2.36. The average Bonchev–Trinajstić information content (AvgIpc) is 3.37. The van der Waals surface area contributed by atoms with Gasteiger partial charge in [-0.2, -0.15) is 5.10 Å². The molecule has 1 aromatic carbocycles. The number of aromatic nitrogens is 2. The van der Waals surface area contributed by atoms with E-state index in [4.69, 9.17) is 4.74 Å². The Balaban J connectivity index is 1.41. The highest BCUT2D eigenvalue weighted by Crippen LogP contribution is 2.38. The van der Waals surface area contributed by atoms with Gasteiger partial charge in [-0.15, -0.1) is 0 Å². The van der Waals surface area contributed by atoms with Crippen LogP contribution in [-0.4, -0.2) is 34.6 Å². The number of carbonyl (C=O) groups excluding carboxylic acids is 1. The number of hydrogen-bond donors (Lipinski definition) is 2. The molecule has 0 spiro atoms. The number of nitrogens with zero attached hydrogens (tertiary/aromatic N) is 2. The van der Waals surface area contributed by atoms with E-state index in [9.17, 15) is 4.79 Å². The van der Waals surface area contributed by atoms with E-state index in [1.807, 2.05) is 43.5 Å². The fourth-order valence-corrected chi connectivity index (χ4v) is 3.43. The van der Waals surface area contributed by atoms with Crippen LogP contribution in [0.25, 0.3) is 5.69 Å². The van der Waals surface area contributed by atoms with Crippen molar-refractivity contribution in [3.8, 4) is 5.69 Å². The number of carbonyl (C=O) groups is 1. The van der Waals surface area contributed by atoms with E-state index in [0.29, 0.717) is 12.0 Å². The van der Waals surface area contributed by atoms with E-state index >= 15 is 0 Å². The summed E-state index contributed by atoms with van der Waals surface area (Å²) in [6.45, 7) is 2.68. The maximum absolute atomic E-state index is 12.5. The molecule has 6 nitrogen and oxygen atoms in total. The minimum Gasteiger partial charge on any atom is -0.378 e. The number of nitrogens with one attached hydrogen (secondary N) is 2. The number of benzene rings is 1. The number of anilines is 1. The molecule has 1 aliphatic heterocycles. The van der Waals surface area contributed by atoms with Crippen LogP contribution in [0.2, 0.25) is 0 Å². The Labute approximate surface area is 147 Å². The van der Waals surface area contributed by atoms with Gasteiger partial charge in [0, 0.05) is 18.8 Å². The monoisotopic (exact) mass is 340 g/mol. The van der Waals surface area contributed by atoms with Crippen LogP contribution in [0.5, 0.6) is 0 Å². The van der Waals surface area contributed by atoms with Gasteiger partial charge in [-0.25, -0.2) is 9.48 Å². The Morgan fingerprint density at radius 2 is 2.08 bits per heavy atom. The van der Waals surface area contributed by atoms with Gasteiger partial charge in [0.2, 0.25) is 0 Å². The maximum atomic E-state index is 12.5. The first kappa shape index (κ1) is 16.1. The van der Waals surface area contributed by atoms with Gasteiger partial charge in [-0.05, 0) is 56.7 Å². The summed E-state index contributed by atoms with van der Waals surface area (Å²) in [6, 6.07) is 9.64. The summed E-state index contributed by atoms with van der Waals surface area (Å²) in [5.74, 6) is 0.705. The molecule has 0 bridgehead atoms. The third-order valence-corrected chi connectivity index (χ3v) is 4.92. The third-order valence-electron chi connectivity index (χ3n) is 4.92. The van der Waals surface area contributed by atoms with Crippen LogP contribution < -0.4 is 10.6 Å². The zero-order valence-corrected chi connectivity index (χ0v) is 14.4. The molecule has 4 rings (SSSR count). The van der Waals surface area contributed by atoms with E-state index < -0.39 is 0 Å². The Hall–Kier alpha value is -2.34. The SMILES string of the molecule is Cc1ccn(-c2ccccc2NC(=O)N[C@H]2CCO[C@H](C3CC3)C2)n1. The summed E-state index contributed by atoms with van der Waals surface area (Å²) in [6.07, 6.45) is 6.53. The molecule has 2 aliphatic rings. The molecule has 2 amide bonds. The lowest BCUT2D eigenvalue weighted by atomic mass is 10.0. The van der Waals surface area contributed by atoms with Crippen molar-refractivity contribution in [2.24, 2.45) is 5.92 Å². The fourth-order valence-electron chi connectivity index (χ4n) is 3.43. The van der Waals surface area contributed by atoms with Crippen molar-refractivity contribution in [2.45, 2.75) is 44.8 Å². The van der Waals surface area contributed by atoms with Crippen molar-refractivity contribution in [1.82, 2.24) is 15.1 Å². The molecular formula is C19H24N4O2. The Bertz CT molecular complexity index is 753. The molecule has 1 aromatic heterocycles. The van der Waals surface area contributed by atoms with E-state index in [1.165, 1.54) is 12.8 Å². The van der Waals surface area contributed by atoms with Crippen LogP contribution in [-0.2, 0) is 4.74 Å². The lowest BCUT2D eigenvalue weighted by molar-refractivity contribution is -0.00889. The topological polar surface area (TPSA) is 68.2 Å². The predicted molar refractivity (Wildman–Crippen MR) is 95.9 cm³/mol. The quantitative estimate of drug-likeness (QED) is 0.898. The van der Waals surface area contributed by atoms with Crippen molar-refractivity contribution in [3.05, 3.63) is 42.2 Å². The molecule has 2 fully saturated rings. The molecule has 6 heteroatoms. The highest BCUT2D eigenvalue weighted by atomic mass is 16.5. The van der Waals surface area contributed by atoms with Crippen LogP contribution in [0.4, 0.5) is 10.5 Å². The molecule has 1 saturated heterocycles. The van der Waals surface area contributed by atoms with Gasteiger partial charge >= 0.3 is 6.03 Å². The number of hydrogen-bond acceptors (Lipinski definition) is 3. The van der Waals surface area contributed by atoms with Crippen molar-refractivity contribution in [3.63, 3.8) is 0 Å². The maximum Gasteiger partial charge on any atom is 0.319 e. The van der Waals surface area contributed by atoms with Crippen molar-refractivity contribution >= 4 is 11.7 Å². The van der Waals surface area contributed by atoms with Crippen molar-refractivity contribution in [1.29, 1.82) is 0 Å². The first-order chi connectivity index (χ1) is 12.2. The molecule has 2 N–H and O–H groups in total. The minimum atomic E-state index is -0.169. The Morgan fingerprint density at radius 3 is 2.84 bits per heavy atom. The molecule has 0 unspecified atom stereocenters. The van der Waals surface area contributed by atoms with Crippen LogP contribution in [0.1, 0.15) is 31.4 Å². The van der Waals surface area contributed by atoms with Gasteiger partial charge in [0.05, 0.1) is 23.2 Å². The number of urea groups is 1. The predicted octanol–water partition coefficient (Wildman–Crippen LogP) is 3.26. The zero-order valence-electron chi connectivity index (χ0n) is 14.4. The molecule has 2 aromatic rings. The molecular weight excluding hydrogens is 316 g/mol. The summed E-state index contributed by atoms with van der Waals surface area (Å²) >= 11 is 0. The first-order valence-electron chi connectivity index (χ1n) is 9.00. The average molecular weight is 340 g/mol. The van der Waals surface area contributed by atoms with Crippen molar-refractivity contribution in [2.75, 3.05) is 11.9 Å². The summed E-state index contributed by atoms with van der Waals surface area (Å²) in [4.78, 5) is 12.5. The normalized spacial score (nSPS) is 23.2. The smallest absolute Gasteiger partial charge is 0.319 e. The number of ether oxygens (including phenoxy) is 1. The van der Waals surface area contributed by atoms with E-state index in [2.05, 4.69) is 15.7 Å². The van der Waals surface area contributed by atoms with Gasteiger partial charge in [-0.1, -0.05) is 12.1 Å². The van der Waals surface area contributed by atoms with E-state index in [0.717, 1.165) is 36.5 Å². The van der Waals surface area contributed by atoms with Crippen LogP contribution in [0.3, 0.4) is 0 Å². The Kier molecular flexibility index (Phi) is 4.44. The van der Waals surface area contributed by atoms with Gasteiger partial charge in [0.1, 0.15) is 0 Å². The second kappa shape index (κ2) is 6.88. The van der Waals surface area contributed by atoms with Gasteiger partial charge in [0.25, 0.3) is 0 Å². The summed E-state index contributed by atoms with van der Waals surface area (Å²) < 4.78 is 7.61. The standard InChI is InChI=1S/C19H24N4O2/c1-13-8-10-23(22-13)17-5-3-2-4-16(17)21-19(24)20-15-9-11-25-18(12-15)14-6-7-14/h2-5,8,10,14-15,18H,6-7,9,11-12H2,1H3,(H2,20,21,24)/t15-,18-/m0/s1. The van der Waals surface area contributed by atoms with Crippen molar-refractivity contribution < 1.29 is 9.53 Å². The summed E-state index contributed by atoms with van der Waals surface area (Å²) in [5, 5.41) is 10.5. The number of amides is 2. The summed E-state index contributed by atoms with van der Waals surface area (Å²) in [7, 11) is 0. The second-order valence-corrected chi connectivity index (χ2v) is 6.99. The molecule has 1 aliphatic carbocycles. The largest absolute Gasteiger partial charge is 0.378 e. The molecule has 1 saturated carbocycles. The van der Waals surface area contributed by atoms with Crippen LogP contribution in [0.15, 0.2) is 36.5 Å². The molecule has 0 radical (unpaired) electrons. The second-order valence-electron chi connectivity index (χ2n) is 6.99. The Morgan fingerprint density at radius 1 is 1.24 bits per heavy atom. The lowest BCUT2D eigenvalue weighted by Crippen LogP contribution is -2.44. The third kappa shape index (κ3) is 3.85. The number of rotatable bonds is 4. The molecule has 2 heterocycles. The molecule has 132 valence electrons. The molecule has 2 atom stereocenters. The number of para-hydroxylation sites is 2. The van der Waals surface area contributed by atoms with Gasteiger partial charge < -0.3 is 15.4 Å². The molecule has 25 heavy (non-hydrogen) atoms. The van der Waals surface area contributed by atoms with E-state index in [-0.39, 0.29) is 12.1 Å².